The van der Waals surface area contributed by atoms with Gasteiger partial charge >= 0.3 is 0 Å². The van der Waals surface area contributed by atoms with Crippen LogP contribution in [-0.2, 0) is 14.8 Å². The smallest absolute Gasteiger partial charge is 0.248 e. The number of aryl methyl sites for hydroxylation is 2. The van der Waals surface area contributed by atoms with Crippen molar-refractivity contribution in [3.8, 4) is 0 Å². The lowest BCUT2D eigenvalue weighted by molar-refractivity contribution is -0.126. The van der Waals surface area contributed by atoms with Gasteiger partial charge in [-0.25, -0.2) is 8.42 Å². The van der Waals surface area contributed by atoms with E-state index in [1.165, 1.54) is 4.31 Å². The predicted octanol–water partition coefficient (Wildman–Crippen LogP) is 1.75. The molecule has 1 aliphatic rings. The van der Waals surface area contributed by atoms with Crippen molar-refractivity contribution >= 4 is 28.3 Å². The molecule has 0 radical (unpaired) electrons. The Morgan fingerprint density at radius 2 is 1.85 bits per heavy atom. The lowest BCUT2D eigenvalue weighted by atomic mass is 9.93. The minimum Gasteiger partial charge on any atom is -0.360 e. The number of halogens is 1. The third kappa shape index (κ3) is 5.22. The van der Waals surface area contributed by atoms with Crippen LogP contribution in [0.2, 0.25) is 0 Å². The fraction of sp³-hybridized carbons (Fsp3) is 0.765. The Morgan fingerprint density at radius 3 is 2.30 bits per heavy atom. The second-order valence-electron chi connectivity index (χ2n) is 7.12. The van der Waals surface area contributed by atoms with Crippen LogP contribution in [-0.4, -0.2) is 49.0 Å². The molecule has 0 unspecified atom stereocenters. The number of rotatable bonds is 7. The topological polar surface area (TPSA) is 119 Å². The van der Waals surface area contributed by atoms with Crippen molar-refractivity contribution in [3.63, 3.8) is 0 Å². The van der Waals surface area contributed by atoms with Gasteiger partial charge in [-0.05, 0) is 39.5 Å². The third-order valence-electron chi connectivity index (χ3n) is 5.41. The molecule has 10 heteroatoms. The molecule has 0 aliphatic carbocycles. The summed E-state index contributed by atoms with van der Waals surface area (Å²) < 4.78 is 32.0. The Kier molecular flexibility index (Phi) is 8.28. The van der Waals surface area contributed by atoms with Crippen LogP contribution in [0.15, 0.2) is 9.42 Å². The van der Waals surface area contributed by atoms with Crippen molar-refractivity contribution in [2.75, 3.05) is 19.6 Å². The minimum atomic E-state index is -3.65. The Balaban J connectivity index is 0.00000364. The van der Waals surface area contributed by atoms with Crippen molar-refractivity contribution in [3.05, 3.63) is 11.5 Å². The number of sulfonamides is 1. The van der Waals surface area contributed by atoms with E-state index in [-0.39, 0.29) is 34.7 Å². The molecule has 2 rings (SSSR count). The quantitative estimate of drug-likeness (QED) is 0.690. The van der Waals surface area contributed by atoms with Crippen LogP contribution in [0.4, 0.5) is 0 Å². The zero-order chi connectivity index (χ0) is 19.5. The molecule has 3 N–H and O–H groups in total. The SMILES string of the molecule is CCC(N)(CC)CNC(=O)C1CCN(S(=O)(=O)c2c(C)noc2C)CC1.Cl. The summed E-state index contributed by atoms with van der Waals surface area (Å²) in [4.78, 5) is 12.5. The highest BCUT2D eigenvalue weighted by atomic mass is 35.5. The summed E-state index contributed by atoms with van der Waals surface area (Å²) in [6.45, 7) is 8.27. The monoisotopic (exact) mass is 422 g/mol. The molecule has 0 atom stereocenters. The molecule has 0 spiro atoms. The number of piperidine rings is 1. The summed E-state index contributed by atoms with van der Waals surface area (Å²) >= 11 is 0. The van der Waals surface area contributed by atoms with Crippen molar-refractivity contribution < 1.29 is 17.7 Å². The number of nitrogens with zero attached hydrogens (tertiary/aromatic N) is 2. The van der Waals surface area contributed by atoms with Gasteiger partial charge in [0.05, 0.1) is 0 Å². The molecule has 2 heterocycles. The normalized spacial score (nSPS) is 16.8. The standard InChI is InChI=1S/C17H30N4O4S.ClH/c1-5-17(18,6-2)11-19-16(22)14-7-9-21(10-8-14)26(23,24)15-12(3)20-25-13(15)4;/h14H,5-11,18H2,1-4H3,(H,19,22);1H. The van der Waals surface area contributed by atoms with Crippen molar-refractivity contribution in [1.82, 2.24) is 14.8 Å². The second kappa shape index (κ2) is 9.36. The van der Waals surface area contributed by atoms with Gasteiger partial charge in [-0.2, -0.15) is 4.31 Å². The van der Waals surface area contributed by atoms with E-state index in [1.54, 1.807) is 13.8 Å². The maximum atomic E-state index is 12.8. The molecule has 0 saturated carbocycles. The number of nitrogens with two attached hydrogens (primary N) is 1. The van der Waals surface area contributed by atoms with Crippen molar-refractivity contribution in [2.45, 2.75) is 63.8 Å². The molecule has 1 amide bonds. The maximum Gasteiger partial charge on any atom is 0.248 e. The molecule has 1 aromatic heterocycles. The van der Waals surface area contributed by atoms with Crippen LogP contribution >= 0.6 is 12.4 Å². The van der Waals surface area contributed by atoms with Crippen LogP contribution in [0.25, 0.3) is 0 Å². The highest BCUT2D eigenvalue weighted by molar-refractivity contribution is 7.89. The van der Waals surface area contributed by atoms with Crippen LogP contribution in [0.3, 0.4) is 0 Å². The highest BCUT2D eigenvalue weighted by Gasteiger charge is 2.35. The Labute approximate surface area is 167 Å². The van der Waals surface area contributed by atoms with Crippen LogP contribution < -0.4 is 11.1 Å². The van der Waals surface area contributed by atoms with Crippen molar-refractivity contribution in [2.24, 2.45) is 11.7 Å². The number of nitrogens with one attached hydrogen (secondary N) is 1. The van der Waals surface area contributed by atoms with E-state index in [0.717, 1.165) is 12.8 Å². The zero-order valence-electron chi connectivity index (χ0n) is 16.4. The number of hydrogen-bond acceptors (Lipinski definition) is 6. The second-order valence-corrected chi connectivity index (χ2v) is 8.99. The van der Waals surface area contributed by atoms with Gasteiger partial charge in [-0.1, -0.05) is 19.0 Å². The lowest BCUT2D eigenvalue weighted by Gasteiger charge is -2.32. The summed E-state index contributed by atoms with van der Waals surface area (Å²) in [7, 11) is -3.65. The number of amides is 1. The summed E-state index contributed by atoms with van der Waals surface area (Å²) in [5.41, 5.74) is 6.19. The summed E-state index contributed by atoms with van der Waals surface area (Å²) in [5.74, 6) is 0.0565. The van der Waals surface area contributed by atoms with Gasteiger partial charge in [-0.15, -0.1) is 12.4 Å². The van der Waals surface area contributed by atoms with E-state index in [2.05, 4.69) is 10.5 Å². The summed E-state index contributed by atoms with van der Waals surface area (Å²) in [5, 5.41) is 6.66. The first-order valence-corrected chi connectivity index (χ1v) is 10.6. The Hall–Kier alpha value is -1.16. The van der Waals surface area contributed by atoms with Gasteiger partial charge in [-0.3, -0.25) is 4.79 Å². The van der Waals surface area contributed by atoms with Gasteiger partial charge < -0.3 is 15.6 Å². The van der Waals surface area contributed by atoms with Gasteiger partial charge in [0.25, 0.3) is 0 Å². The molecular formula is C17H31ClN4O4S. The van der Waals surface area contributed by atoms with Crippen LogP contribution in [0, 0.1) is 19.8 Å². The molecule has 8 nitrogen and oxygen atoms in total. The number of carbonyl (C=O) groups excluding carboxylic acids is 1. The number of hydrogen-bond donors (Lipinski definition) is 2. The molecule has 156 valence electrons. The predicted molar refractivity (Wildman–Crippen MR) is 105 cm³/mol. The maximum absolute atomic E-state index is 12.8. The van der Waals surface area contributed by atoms with Gasteiger partial charge in [0.2, 0.25) is 15.9 Å². The van der Waals surface area contributed by atoms with E-state index in [0.29, 0.717) is 43.9 Å². The Morgan fingerprint density at radius 1 is 1.30 bits per heavy atom. The first kappa shape index (κ1) is 23.9. The van der Waals surface area contributed by atoms with Gasteiger partial charge in [0.15, 0.2) is 5.76 Å². The molecule has 0 aromatic carbocycles. The zero-order valence-corrected chi connectivity index (χ0v) is 18.1. The fourth-order valence-corrected chi connectivity index (χ4v) is 5.00. The van der Waals surface area contributed by atoms with E-state index in [4.69, 9.17) is 10.3 Å². The molecule has 0 bridgehead atoms. The lowest BCUT2D eigenvalue weighted by Crippen LogP contribution is -2.51. The highest BCUT2D eigenvalue weighted by Crippen LogP contribution is 2.27. The Bertz CT molecular complexity index is 719. The van der Waals surface area contributed by atoms with E-state index in [9.17, 15) is 13.2 Å². The minimum absolute atomic E-state index is 0. The summed E-state index contributed by atoms with van der Waals surface area (Å²) in [6, 6.07) is 0. The number of carbonyl (C=O) groups is 1. The molecular weight excluding hydrogens is 392 g/mol. The average molecular weight is 423 g/mol. The van der Waals surface area contributed by atoms with E-state index in [1.807, 2.05) is 13.8 Å². The molecule has 27 heavy (non-hydrogen) atoms. The summed E-state index contributed by atoms with van der Waals surface area (Å²) in [6.07, 6.45) is 2.56. The van der Waals surface area contributed by atoms with Gasteiger partial charge in [0, 0.05) is 31.1 Å². The number of aromatic nitrogens is 1. The molecule has 1 aromatic rings. The van der Waals surface area contributed by atoms with Crippen molar-refractivity contribution in [1.29, 1.82) is 0 Å². The first-order chi connectivity index (χ1) is 12.1. The van der Waals surface area contributed by atoms with Crippen LogP contribution in [0.1, 0.15) is 51.0 Å². The fourth-order valence-electron chi connectivity index (χ4n) is 3.24. The van der Waals surface area contributed by atoms with E-state index < -0.39 is 10.0 Å². The first-order valence-electron chi connectivity index (χ1n) is 9.14. The molecule has 1 fully saturated rings. The largest absolute Gasteiger partial charge is 0.360 e. The molecule has 1 aliphatic heterocycles. The van der Waals surface area contributed by atoms with Gasteiger partial charge in [0.1, 0.15) is 10.6 Å². The third-order valence-corrected chi connectivity index (χ3v) is 7.56. The average Bonchev–Trinajstić information content (AvgIpc) is 2.98. The van der Waals surface area contributed by atoms with E-state index >= 15 is 0 Å². The molecule has 1 saturated heterocycles. The van der Waals surface area contributed by atoms with Crippen LogP contribution in [0.5, 0.6) is 0 Å².